The summed E-state index contributed by atoms with van der Waals surface area (Å²) >= 11 is 11.9. The van der Waals surface area contributed by atoms with Gasteiger partial charge >= 0.3 is 5.97 Å². The third kappa shape index (κ3) is 5.95. The zero-order chi connectivity index (χ0) is 20.2. The zero-order valence-electron chi connectivity index (χ0n) is 14.5. The van der Waals surface area contributed by atoms with Gasteiger partial charge in [-0.25, -0.2) is 13.2 Å². The first-order valence-corrected chi connectivity index (χ1v) is 10.4. The van der Waals surface area contributed by atoms with Crippen LogP contribution in [0.25, 0.3) is 0 Å². The minimum Gasteiger partial charge on any atom is -0.452 e. The number of hydrogen-bond donors (Lipinski definition) is 1. The second kappa shape index (κ2) is 8.73. The number of halogens is 2. The average molecular weight is 430 g/mol. The fraction of sp³-hybridized carbons (Fsp3) is 0.222. The fourth-order valence-corrected chi connectivity index (χ4v) is 3.52. The maximum atomic E-state index is 12.0. The Morgan fingerprint density at radius 2 is 1.85 bits per heavy atom. The highest BCUT2D eigenvalue weighted by molar-refractivity contribution is 7.90. The monoisotopic (exact) mass is 429 g/mol. The van der Waals surface area contributed by atoms with Crippen molar-refractivity contribution in [2.75, 3.05) is 12.9 Å². The van der Waals surface area contributed by atoms with Crippen molar-refractivity contribution in [3.8, 4) is 0 Å². The molecule has 2 rings (SSSR count). The second-order valence-electron chi connectivity index (χ2n) is 5.83. The molecule has 0 aliphatic rings. The number of carbonyl (C=O) groups excluding carboxylic acids is 2. The molecule has 1 unspecified atom stereocenters. The van der Waals surface area contributed by atoms with Crippen molar-refractivity contribution in [2.24, 2.45) is 0 Å². The summed E-state index contributed by atoms with van der Waals surface area (Å²) < 4.78 is 28.0. The third-order valence-corrected chi connectivity index (χ3v) is 5.31. The Morgan fingerprint density at radius 1 is 1.15 bits per heavy atom. The van der Waals surface area contributed by atoms with E-state index in [1.165, 1.54) is 24.3 Å². The number of rotatable bonds is 6. The van der Waals surface area contributed by atoms with Gasteiger partial charge in [-0.3, -0.25) is 4.79 Å². The summed E-state index contributed by atoms with van der Waals surface area (Å²) in [7, 11) is -3.45. The van der Waals surface area contributed by atoms with Crippen LogP contribution >= 0.6 is 23.2 Å². The van der Waals surface area contributed by atoms with Gasteiger partial charge in [0.05, 0.1) is 16.5 Å². The van der Waals surface area contributed by atoms with Crippen LogP contribution in [0.15, 0.2) is 47.4 Å². The first-order chi connectivity index (χ1) is 12.6. The standard InChI is InChI=1S/C18H17Cl2NO5S/c1-11(15-7-6-13(19)9-16(15)20)21-17(22)10-26-18(23)12-4-3-5-14(8-12)27(2,24)25/h3-9,11H,10H2,1-2H3,(H,21,22). The van der Waals surface area contributed by atoms with E-state index in [1.807, 2.05) is 0 Å². The van der Waals surface area contributed by atoms with E-state index in [0.717, 1.165) is 6.26 Å². The van der Waals surface area contributed by atoms with Crippen molar-refractivity contribution in [2.45, 2.75) is 17.9 Å². The molecule has 0 saturated carbocycles. The SMILES string of the molecule is CC(NC(=O)COC(=O)c1cccc(S(C)(=O)=O)c1)c1ccc(Cl)cc1Cl. The topological polar surface area (TPSA) is 89.5 Å². The van der Waals surface area contributed by atoms with Gasteiger partial charge in [0.25, 0.3) is 5.91 Å². The van der Waals surface area contributed by atoms with Gasteiger partial charge in [-0.15, -0.1) is 0 Å². The first kappa shape index (κ1) is 21.2. The van der Waals surface area contributed by atoms with Crippen molar-refractivity contribution >= 4 is 44.9 Å². The van der Waals surface area contributed by atoms with Gasteiger partial charge in [0.2, 0.25) is 0 Å². The lowest BCUT2D eigenvalue weighted by atomic mass is 10.1. The van der Waals surface area contributed by atoms with Crippen LogP contribution in [0.3, 0.4) is 0 Å². The van der Waals surface area contributed by atoms with Gasteiger partial charge in [0, 0.05) is 16.3 Å². The summed E-state index contributed by atoms with van der Waals surface area (Å²) in [4.78, 5) is 24.0. The van der Waals surface area contributed by atoms with E-state index in [9.17, 15) is 18.0 Å². The van der Waals surface area contributed by atoms with Gasteiger partial charge in [0.15, 0.2) is 16.4 Å². The highest BCUT2D eigenvalue weighted by atomic mass is 35.5. The Morgan fingerprint density at radius 3 is 2.48 bits per heavy atom. The largest absolute Gasteiger partial charge is 0.452 e. The van der Waals surface area contributed by atoms with Crippen LogP contribution in [-0.4, -0.2) is 33.2 Å². The number of hydrogen-bond acceptors (Lipinski definition) is 5. The van der Waals surface area contributed by atoms with E-state index in [4.69, 9.17) is 27.9 Å². The Bertz CT molecular complexity index is 975. The summed E-state index contributed by atoms with van der Waals surface area (Å²) in [5.41, 5.74) is 0.709. The zero-order valence-corrected chi connectivity index (χ0v) is 16.9. The molecule has 0 saturated heterocycles. The van der Waals surface area contributed by atoms with Crippen LogP contribution < -0.4 is 5.32 Å². The quantitative estimate of drug-likeness (QED) is 0.710. The number of esters is 1. The van der Waals surface area contributed by atoms with Crippen LogP contribution in [0.2, 0.25) is 10.0 Å². The molecule has 0 aliphatic carbocycles. The first-order valence-electron chi connectivity index (χ1n) is 7.79. The summed E-state index contributed by atoms with van der Waals surface area (Å²) in [5, 5.41) is 3.55. The van der Waals surface area contributed by atoms with Gasteiger partial charge < -0.3 is 10.1 Å². The second-order valence-corrected chi connectivity index (χ2v) is 8.69. The molecule has 2 aromatic carbocycles. The van der Waals surface area contributed by atoms with Crippen molar-refractivity contribution < 1.29 is 22.7 Å². The Hall–Kier alpha value is -2.09. The molecule has 0 fully saturated rings. The Labute approximate surface area is 167 Å². The highest BCUT2D eigenvalue weighted by Gasteiger charge is 2.16. The molecule has 0 bridgehead atoms. The maximum absolute atomic E-state index is 12.0. The molecule has 9 heteroatoms. The molecule has 0 aromatic heterocycles. The number of carbonyl (C=O) groups is 2. The Kier molecular flexibility index (Phi) is 6.86. The molecular formula is C18H17Cl2NO5S. The molecule has 0 radical (unpaired) electrons. The molecule has 0 aliphatic heterocycles. The summed E-state index contributed by atoms with van der Waals surface area (Å²) in [6.45, 7) is 1.21. The average Bonchev–Trinajstić information content (AvgIpc) is 2.58. The van der Waals surface area contributed by atoms with Gasteiger partial charge in [-0.2, -0.15) is 0 Å². The maximum Gasteiger partial charge on any atom is 0.338 e. The molecule has 1 amide bonds. The van der Waals surface area contributed by atoms with Crippen LogP contribution in [-0.2, 0) is 19.4 Å². The predicted octanol–water partition coefficient (Wildman–Crippen LogP) is 3.43. The molecule has 0 spiro atoms. The van der Waals surface area contributed by atoms with E-state index in [2.05, 4.69) is 5.32 Å². The molecular weight excluding hydrogens is 413 g/mol. The normalized spacial score (nSPS) is 12.3. The molecule has 6 nitrogen and oxygen atoms in total. The highest BCUT2D eigenvalue weighted by Crippen LogP contribution is 2.26. The Balaban J connectivity index is 1.96. The molecule has 2 aromatic rings. The van der Waals surface area contributed by atoms with Crippen LogP contribution in [0.1, 0.15) is 28.9 Å². The van der Waals surface area contributed by atoms with Gasteiger partial charge in [-0.1, -0.05) is 35.3 Å². The third-order valence-electron chi connectivity index (χ3n) is 3.64. The van der Waals surface area contributed by atoms with E-state index < -0.39 is 34.4 Å². The van der Waals surface area contributed by atoms with Crippen LogP contribution in [0.4, 0.5) is 0 Å². The molecule has 144 valence electrons. The molecule has 0 heterocycles. The lowest BCUT2D eigenvalue weighted by Crippen LogP contribution is -2.31. The van der Waals surface area contributed by atoms with Crippen LogP contribution in [0.5, 0.6) is 0 Å². The van der Waals surface area contributed by atoms with Crippen molar-refractivity contribution in [1.82, 2.24) is 5.32 Å². The number of ether oxygens (including phenoxy) is 1. The number of sulfone groups is 1. The summed E-state index contributed by atoms with van der Waals surface area (Å²) in [5.74, 6) is -1.33. The molecule has 1 N–H and O–H groups in total. The van der Waals surface area contributed by atoms with E-state index >= 15 is 0 Å². The fourth-order valence-electron chi connectivity index (χ4n) is 2.28. The lowest BCUT2D eigenvalue weighted by Gasteiger charge is -2.16. The van der Waals surface area contributed by atoms with Crippen molar-refractivity contribution in [1.29, 1.82) is 0 Å². The molecule has 27 heavy (non-hydrogen) atoms. The minimum atomic E-state index is -3.45. The lowest BCUT2D eigenvalue weighted by molar-refractivity contribution is -0.124. The number of amides is 1. The predicted molar refractivity (Wildman–Crippen MR) is 103 cm³/mol. The van der Waals surface area contributed by atoms with Gasteiger partial charge in [0.1, 0.15) is 0 Å². The van der Waals surface area contributed by atoms with E-state index in [1.54, 1.807) is 25.1 Å². The van der Waals surface area contributed by atoms with Crippen molar-refractivity contribution in [3.63, 3.8) is 0 Å². The number of nitrogens with one attached hydrogen (secondary N) is 1. The van der Waals surface area contributed by atoms with E-state index in [-0.39, 0.29) is 10.5 Å². The van der Waals surface area contributed by atoms with E-state index in [0.29, 0.717) is 15.6 Å². The number of benzene rings is 2. The minimum absolute atomic E-state index is 0.00703. The smallest absolute Gasteiger partial charge is 0.338 e. The summed E-state index contributed by atoms with van der Waals surface area (Å²) in [6, 6.07) is 9.90. The summed E-state index contributed by atoms with van der Waals surface area (Å²) in [6.07, 6.45) is 1.04. The van der Waals surface area contributed by atoms with Crippen molar-refractivity contribution in [3.05, 3.63) is 63.6 Å². The molecule has 1 atom stereocenters. The van der Waals surface area contributed by atoms with Crippen LogP contribution in [0, 0.1) is 0 Å². The van der Waals surface area contributed by atoms with Gasteiger partial charge in [-0.05, 0) is 42.8 Å².